The number of nitrogens with zero attached hydrogens (tertiary/aromatic N) is 1. The molecule has 0 aliphatic carbocycles. The number of nitrogens with one attached hydrogen (secondary N) is 1. The van der Waals surface area contributed by atoms with E-state index in [1.54, 1.807) is 18.9 Å². The van der Waals surface area contributed by atoms with Crippen molar-refractivity contribution >= 4 is 35.2 Å². The van der Waals surface area contributed by atoms with Crippen molar-refractivity contribution < 1.29 is 14.3 Å². The van der Waals surface area contributed by atoms with Crippen molar-refractivity contribution in [1.82, 2.24) is 10.2 Å². The number of methoxy groups -OCH3 is 1. The topological polar surface area (TPSA) is 58.6 Å². The van der Waals surface area contributed by atoms with E-state index in [4.69, 9.17) is 16.3 Å². The number of carbonyl (C=O) groups excluding carboxylic acids is 2. The average molecular weight is 509 g/mol. The number of rotatable bonds is 8. The SMILES string of the molecule is CCC(NC(=O)c1ccc(C2SCC(=O)N2Cc2ccc(Cl)cc2)cc1)c1ccc(OC)c(C)c1. The molecule has 7 heteroatoms. The maximum absolute atomic E-state index is 13.0. The van der Waals surface area contributed by atoms with Gasteiger partial charge in [0.25, 0.3) is 5.91 Å². The summed E-state index contributed by atoms with van der Waals surface area (Å²) in [6.07, 6.45) is 0.774. The number of aryl methyl sites for hydroxylation is 1. The molecule has 0 bridgehead atoms. The van der Waals surface area contributed by atoms with Gasteiger partial charge in [-0.1, -0.05) is 54.9 Å². The van der Waals surface area contributed by atoms with E-state index in [9.17, 15) is 9.59 Å². The monoisotopic (exact) mass is 508 g/mol. The Hall–Kier alpha value is -2.96. The molecule has 0 spiro atoms. The molecule has 1 aliphatic rings. The minimum absolute atomic E-state index is 0.0825. The Kier molecular flexibility index (Phi) is 8.04. The molecule has 1 saturated heterocycles. The number of halogens is 1. The zero-order chi connectivity index (χ0) is 24.9. The van der Waals surface area contributed by atoms with Crippen LogP contribution < -0.4 is 10.1 Å². The van der Waals surface area contributed by atoms with Gasteiger partial charge in [0.05, 0.1) is 18.9 Å². The first-order valence-corrected chi connectivity index (χ1v) is 13.0. The van der Waals surface area contributed by atoms with Crippen LogP contribution in [0.15, 0.2) is 66.7 Å². The molecule has 1 heterocycles. The van der Waals surface area contributed by atoms with Gasteiger partial charge in [-0.3, -0.25) is 9.59 Å². The predicted octanol–water partition coefficient (Wildman–Crippen LogP) is 6.31. The molecule has 3 aromatic carbocycles. The van der Waals surface area contributed by atoms with Gasteiger partial charge in [-0.25, -0.2) is 0 Å². The van der Waals surface area contributed by atoms with Gasteiger partial charge in [-0.05, 0) is 65.9 Å². The minimum Gasteiger partial charge on any atom is -0.496 e. The number of thioether (sulfide) groups is 1. The lowest BCUT2D eigenvalue weighted by Crippen LogP contribution is -2.29. The first kappa shape index (κ1) is 25.1. The van der Waals surface area contributed by atoms with Gasteiger partial charge in [-0.15, -0.1) is 11.8 Å². The van der Waals surface area contributed by atoms with Crippen LogP contribution in [0, 0.1) is 6.92 Å². The number of hydrogen-bond acceptors (Lipinski definition) is 4. The molecule has 1 aliphatic heterocycles. The first-order valence-electron chi connectivity index (χ1n) is 11.6. The van der Waals surface area contributed by atoms with Crippen LogP contribution in [0.5, 0.6) is 5.75 Å². The minimum atomic E-state index is -0.120. The van der Waals surface area contributed by atoms with Crippen molar-refractivity contribution in [3.05, 3.63) is 99.6 Å². The third-order valence-corrected chi connectivity index (χ3v) is 7.74. The Labute approximate surface area is 215 Å². The van der Waals surface area contributed by atoms with Gasteiger partial charge in [0, 0.05) is 17.1 Å². The van der Waals surface area contributed by atoms with Crippen molar-refractivity contribution in [2.45, 2.75) is 38.2 Å². The van der Waals surface area contributed by atoms with Crippen LogP contribution in [0.2, 0.25) is 5.02 Å². The standard InChI is InChI=1S/C28H29ClN2O3S/c1-4-24(22-11-14-25(34-3)18(2)15-22)30-27(33)20-7-9-21(10-8-20)28-31(26(32)17-35-28)16-19-5-12-23(29)13-6-19/h5-15,24,28H,4,16-17H2,1-3H3,(H,30,33). The third kappa shape index (κ3) is 5.82. The summed E-state index contributed by atoms with van der Waals surface area (Å²) < 4.78 is 5.35. The molecule has 0 radical (unpaired) electrons. The fourth-order valence-electron chi connectivity index (χ4n) is 4.27. The molecular weight excluding hydrogens is 480 g/mol. The van der Waals surface area contributed by atoms with E-state index < -0.39 is 0 Å². The van der Waals surface area contributed by atoms with E-state index in [0.29, 0.717) is 22.9 Å². The quantitative estimate of drug-likeness (QED) is 0.387. The summed E-state index contributed by atoms with van der Waals surface area (Å²) in [4.78, 5) is 27.4. The molecule has 2 unspecified atom stereocenters. The number of benzene rings is 3. The van der Waals surface area contributed by atoms with Gasteiger partial charge < -0.3 is 15.0 Å². The highest BCUT2D eigenvalue weighted by atomic mass is 35.5. The fourth-order valence-corrected chi connectivity index (χ4v) is 5.58. The second-order valence-electron chi connectivity index (χ2n) is 8.60. The Bertz CT molecular complexity index is 1200. The second kappa shape index (κ2) is 11.2. The van der Waals surface area contributed by atoms with Crippen LogP contribution in [-0.4, -0.2) is 29.6 Å². The maximum Gasteiger partial charge on any atom is 0.251 e. The molecule has 3 aromatic rings. The Morgan fingerprint density at radius 3 is 2.49 bits per heavy atom. The van der Waals surface area contributed by atoms with E-state index in [0.717, 1.165) is 34.4 Å². The molecule has 182 valence electrons. The van der Waals surface area contributed by atoms with Gasteiger partial charge >= 0.3 is 0 Å². The first-order chi connectivity index (χ1) is 16.9. The third-order valence-electron chi connectivity index (χ3n) is 6.23. The highest BCUT2D eigenvalue weighted by Gasteiger charge is 2.32. The van der Waals surface area contributed by atoms with E-state index in [2.05, 4.69) is 18.3 Å². The molecule has 4 rings (SSSR count). The molecule has 0 saturated carbocycles. The van der Waals surface area contributed by atoms with Crippen molar-refractivity contribution in [3.8, 4) is 5.75 Å². The van der Waals surface area contributed by atoms with E-state index in [1.807, 2.05) is 72.5 Å². The summed E-state index contributed by atoms with van der Waals surface area (Å²) in [6.45, 7) is 4.57. The highest BCUT2D eigenvalue weighted by Crippen LogP contribution is 2.39. The normalized spacial score (nSPS) is 16.3. The lowest BCUT2D eigenvalue weighted by molar-refractivity contribution is -0.128. The average Bonchev–Trinajstić information content (AvgIpc) is 3.23. The zero-order valence-electron chi connectivity index (χ0n) is 20.1. The van der Waals surface area contributed by atoms with Gasteiger partial charge in [0.2, 0.25) is 5.91 Å². The van der Waals surface area contributed by atoms with Gasteiger partial charge in [0.15, 0.2) is 0 Å². The van der Waals surface area contributed by atoms with Crippen LogP contribution in [0.1, 0.15) is 57.4 Å². The molecule has 2 amide bonds. The fraction of sp³-hybridized carbons (Fsp3) is 0.286. The second-order valence-corrected chi connectivity index (χ2v) is 10.1. The number of amides is 2. The summed E-state index contributed by atoms with van der Waals surface area (Å²) in [7, 11) is 1.65. The number of ether oxygens (including phenoxy) is 1. The largest absolute Gasteiger partial charge is 0.496 e. The highest BCUT2D eigenvalue weighted by molar-refractivity contribution is 8.00. The van der Waals surface area contributed by atoms with Crippen LogP contribution in [0.25, 0.3) is 0 Å². The summed E-state index contributed by atoms with van der Waals surface area (Å²) >= 11 is 7.60. The lowest BCUT2D eigenvalue weighted by atomic mass is 10.0. The summed E-state index contributed by atoms with van der Waals surface area (Å²) in [5.41, 5.74) is 4.72. The predicted molar refractivity (Wildman–Crippen MR) is 142 cm³/mol. The van der Waals surface area contributed by atoms with Crippen molar-refractivity contribution in [2.75, 3.05) is 12.9 Å². The van der Waals surface area contributed by atoms with Crippen LogP contribution in [0.3, 0.4) is 0 Å². The molecule has 35 heavy (non-hydrogen) atoms. The molecule has 2 atom stereocenters. The number of carbonyl (C=O) groups is 2. The van der Waals surface area contributed by atoms with Crippen molar-refractivity contribution in [2.24, 2.45) is 0 Å². The molecule has 1 fully saturated rings. The molecular formula is C28H29ClN2O3S. The Balaban J connectivity index is 1.45. The smallest absolute Gasteiger partial charge is 0.251 e. The molecule has 1 N–H and O–H groups in total. The molecule has 5 nitrogen and oxygen atoms in total. The Morgan fingerprint density at radius 2 is 1.86 bits per heavy atom. The van der Waals surface area contributed by atoms with Gasteiger partial charge in [-0.2, -0.15) is 0 Å². The Morgan fingerprint density at radius 1 is 1.14 bits per heavy atom. The van der Waals surface area contributed by atoms with E-state index in [-0.39, 0.29) is 23.2 Å². The number of hydrogen-bond donors (Lipinski definition) is 1. The van der Waals surface area contributed by atoms with Crippen LogP contribution in [0.4, 0.5) is 0 Å². The van der Waals surface area contributed by atoms with Crippen molar-refractivity contribution in [3.63, 3.8) is 0 Å². The van der Waals surface area contributed by atoms with E-state index in [1.165, 1.54) is 0 Å². The molecule has 0 aromatic heterocycles. The maximum atomic E-state index is 13.0. The lowest BCUT2D eigenvalue weighted by Gasteiger charge is -2.24. The van der Waals surface area contributed by atoms with Crippen LogP contribution in [-0.2, 0) is 11.3 Å². The van der Waals surface area contributed by atoms with Crippen molar-refractivity contribution in [1.29, 1.82) is 0 Å². The van der Waals surface area contributed by atoms with E-state index >= 15 is 0 Å². The summed E-state index contributed by atoms with van der Waals surface area (Å²) in [5.74, 6) is 1.27. The van der Waals surface area contributed by atoms with Crippen LogP contribution >= 0.6 is 23.4 Å². The van der Waals surface area contributed by atoms with Gasteiger partial charge in [0.1, 0.15) is 11.1 Å². The zero-order valence-corrected chi connectivity index (χ0v) is 21.7. The summed E-state index contributed by atoms with van der Waals surface area (Å²) in [5, 5.41) is 3.74. The summed E-state index contributed by atoms with van der Waals surface area (Å²) in [6, 6.07) is 21.0.